The Morgan fingerprint density at radius 3 is 2.39 bits per heavy atom. The standard InChI is InChI=1S/C21H21BrN4O4S/c1-13-4-9-19(18(22)10-13)30-12-21(27)25-16-5-7-17(8-6-16)31(28,29)26-20-11-14(2)23-15(3)24-20/h4-11H,12H2,1-3H3,(H,25,27)(H,23,24,26). The number of anilines is 2. The van der Waals surface area contributed by atoms with E-state index in [-0.39, 0.29) is 23.2 Å². The molecule has 1 aromatic heterocycles. The lowest BCUT2D eigenvalue weighted by molar-refractivity contribution is -0.118. The molecule has 0 aliphatic rings. The van der Waals surface area contributed by atoms with Crippen LogP contribution >= 0.6 is 15.9 Å². The Balaban J connectivity index is 1.61. The Morgan fingerprint density at radius 2 is 1.74 bits per heavy atom. The van der Waals surface area contributed by atoms with Gasteiger partial charge in [-0.2, -0.15) is 0 Å². The highest BCUT2D eigenvalue weighted by atomic mass is 79.9. The van der Waals surface area contributed by atoms with E-state index < -0.39 is 10.0 Å². The minimum Gasteiger partial charge on any atom is -0.483 e. The number of rotatable bonds is 7. The molecule has 2 aromatic carbocycles. The van der Waals surface area contributed by atoms with Crippen LogP contribution in [-0.4, -0.2) is 30.9 Å². The number of hydrogen-bond donors (Lipinski definition) is 2. The maximum Gasteiger partial charge on any atom is 0.263 e. The van der Waals surface area contributed by atoms with Gasteiger partial charge in [-0.25, -0.2) is 18.4 Å². The third-order valence-electron chi connectivity index (χ3n) is 4.10. The predicted octanol–water partition coefficient (Wildman–Crippen LogP) is 3.98. The summed E-state index contributed by atoms with van der Waals surface area (Å²) in [4.78, 5) is 20.4. The van der Waals surface area contributed by atoms with Gasteiger partial charge < -0.3 is 10.1 Å². The number of carbonyl (C=O) groups excluding carboxylic acids is 1. The number of nitrogens with zero attached hydrogens (tertiary/aromatic N) is 2. The zero-order valence-corrected chi connectivity index (χ0v) is 19.5. The molecule has 0 unspecified atom stereocenters. The van der Waals surface area contributed by atoms with Crippen molar-refractivity contribution in [2.24, 2.45) is 0 Å². The molecule has 0 saturated heterocycles. The van der Waals surface area contributed by atoms with Gasteiger partial charge in [0.05, 0.1) is 9.37 Å². The van der Waals surface area contributed by atoms with E-state index in [2.05, 4.69) is 35.9 Å². The fourth-order valence-electron chi connectivity index (χ4n) is 2.75. The third-order valence-corrected chi connectivity index (χ3v) is 6.09. The number of aryl methyl sites for hydroxylation is 3. The van der Waals surface area contributed by atoms with E-state index in [4.69, 9.17) is 4.74 Å². The average molecular weight is 505 g/mol. The maximum absolute atomic E-state index is 12.6. The van der Waals surface area contributed by atoms with Gasteiger partial charge in [0.25, 0.3) is 15.9 Å². The Labute approximate surface area is 189 Å². The van der Waals surface area contributed by atoms with Crippen molar-refractivity contribution in [3.8, 4) is 5.75 Å². The van der Waals surface area contributed by atoms with Crippen LogP contribution in [0.5, 0.6) is 5.75 Å². The number of hydrogen-bond acceptors (Lipinski definition) is 6. The first-order chi connectivity index (χ1) is 14.6. The van der Waals surface area contributed by atoms with Crippen LogP contribution in [0.4, 0.5) is 11.5 Å². The minimum atomic E-state index is -3.83. The topological polar surface area (TPSA) is 110 Å². The van der Waals surface area contributed by atoms with E-state index in [1.54, 1.807) is 26.0 Å². The fourth-order valence-corrected chi connectivity index (χ4v) is 4.35. The average Bonchev–Trinajstić information content (AvgIpc) is 2.66. The summed E-state index contributed by atoms with van der Waals surface area (Å²) in [5.74, 6) is 0.856. The summed E-state index contributed by atoms with van der Waals surface area (Å²) in [7, 11) is -3.83. The molecule has 0 bridgehead atoms. The summed E-state index contributed by atoms with van der Waals surface area (Å²) in [6.07, 6.45) is 0. The van der Waals surface area contributed by atoms with Crippen molar-refractivity contribution in [1.29, 1.82) is 0 Å². The van der Waals surface area contributed by atoms with Crippen LogP contribution in [0.1, 0.15) is 17.1 Å². The number of halogens is 1. The summed E-state index contributed by atoms with van der Waals surface area (Å²) in [5, 5.41) is 2.67. The first-order valence-electron chi connectivity index (χ1n) is 9.26. The normalized spacial score (nSPS) is 11.1. The van der Waals surface area contributed by atoms with Crippen LogP contribution in [0.15, 0.2) is 57.9 Å². The molecule has 0 aliphatic carbocycles. The number of ether oxygens (including phenoxy) is 1. The van der Waals surface area contributed by atoms with Gasteiger partial charge >= 0.3 is 0 Å². The van der Waals surface area contributed by atoms with Gasteiger partial charge in [0.2, 0.25) is 0 Å². The van der Waals surface area contributed by atoms with Crippen LogP contribution in [-0.2, 0) is 14.8 Å². The van der Waals surface area contributed by atoms with E-state index in [9.17, 15) is 13.2 Å². The van der Waals surface area contributed by atoms with E-state index in [1.165, 1.54) is 24.3 Å². The van der Waals surface area contributed by atoms with Crippen molar-refractivity contribution in [2.75, 3.05) is 16.6 Å². The smallest absolute Gasteiger partial charge is 0.263 e. The molecule has 3 aromatic rings. The molecule has 2 N–H and O–H groups in total. The van der Waals surface area contributed by atoms with Crippen molar-refractivity contribution in [1.82, 2.24) is 9.97 Å². The molecular weight excluding hydrogens is 484 g/mol. The largest absolute Gasteiger partial charge is 0.483 e. The Morgan fingerprint density at radius 1 is 1.03 bits per heavy atom. The van der Waals surface area contributed by atoms with Crippen molar-refractivity contribution in [3.63, 3.8) is 0 Å². The summed E-state index contributed by atoms with van der Waals surface area (Å²) in [6, 6.07) is 12.9. The third kappa shape index (κ3) is 6.25. The van der Waals surface area contributed by atoms with Crippen LogP contribution < -0.4 is 14.8 Å². The quantitative estimate of drug-likeness (QED) is 0.503. The van der Waals surface area contributed by atoms with E-state index in [1.807, 2.05) is 19.1 Å². The number of amides is 1. The molecule has 3 rings (SSSR count). The van der Waals surface area contributed by atoms with Gasteiger partial charge in [0.15, 0.2) is 6.61 Å². The van der Waals surface area contributed by atoms with Crippen molar-refractivity contribution < 1.29 is 17.9 Å². The number of nitrogens with one attached hydrogen (secondary N) is 2. The molecule has 10 heteroatoms. The van der Waals surface area contributed by atoms with Crippen LogP contribution in [0.3, 0.4) is 0 Å². The number of benzene rings is 2. The monoisotopic (exact) mass is 504 g/mol. The lowest BCUT2D eigenvalue weighted by atomic mass is 10.2. The second-order valence-electron chi connectivity index (χ2n) is 6.84. The molecule has 0 aliphatic heterocycles. The highest BCUT2D eigenvalue weighted by Gasteiger charge is 2.16. The second-order valence-corrected chi connectivity index (χ2v) is 9.38. The van der Waals surface area contributed by atoms with E-state index >= 15 is 0 Å². The number of sulfonamides is 1. The summed E-state index contributed by atoms with van der Waals surface area (Å²) in [5.41, 5.74) is 2.17. The second kappa shape index (κ2) is 9.44. The molecule has 162 valence electrons. The first kappa shape index (κ1) is 22.7. The van der Waals surface area contributed by atoms with Gasteiger partial charge in [0.1, 0.15) is 17.4 Å². The fraction of sp³-hybridized carbons (Fsp3) is 0.190. The van der Waals surface area contributed by atoms with Crippen LogP contribution in [0, 0.1) is 20.8 Å². The highest BCUT2D eigenvalue weighted by Crippen LogP contribution is 2.25. The minimum absolute atomic E-state index is 0.0410. The lowest BCUT2D eigenvalue weighted by Gasteiger charge is -2.11. The highest BCUT2D eigenvalue weighted by molar-refractivity contribution is 9.10. The molecule has 0 radical (unpaired) electrons. The van der Waals surface area contributed by atoms with Crippen molar-refractivity contribution in [3.05, 3.63) is 70.1 Å². The van der Waals surface area contributed by atoms with Gasteiger partial charge in [-0.05, 0) is 78.7 Å². The molecular formula is C21H21BrN4O4S. The van der Waals surface area contributed by atoms with E-state index in [0.29, 0.717) is 23.0 Å². The SMILES string of the molecule is Cc1ccc(OCC(=O)Nc2ccc(S(=O)(=O)Nc3cc(C)nc(C)n3)cc2)c(Br)c1. The zero-order chi connectivity index (χ0) is 22.6. The summed E-state index contributed by atoms with van der Waals surface area (Å²) < 4.78 is 33.9. The van der Waals surface area contributed by atoms with Gasteiger partial charge in [0, 0.05) is 17.4 Å². The Kier molecular flexibility index (Phi) is 6.91. The molecule has 1 heterocycles. The van der Waals surface area contributed by atoms with Crippen molar-refractivity contribution >= 4 is 43.4 Å². The van der Waals surface area contributed by atoms with Crippen LogP contribution in [0.2, 0.25) is 0 Å². The zero-order valence-electron chi connectivity index (χ0n) is 17.1. The van der Waals surface area contributed by atoms with Crippen LogP contribution in [0.25, 0.3) is 0 Å². The molecule has 31 heavy (non-hydrogen) atoms. The predicted molar refractivity (Wildman–Crippen MR) is 122 cm³/mol. The number of carbonyl (C=O) groups is 1. The molecule has 0 fully saturated rings. The van der Waals surface area contributed by atoms with Gasteiger partial charge in [-0.15, -0.1) is 0 Å². The first-order valence-corrected chi connectivity index (χ1v) is 11.5. The maximum atomic E-state index is 12.6. The van der Waals surface area contributed by atoms with Crippen molar-refractivity contribution in [2.45, 2.75) is 25.7 Å². The molecule has 1 amide bonds. The van der Waals surface area contributed by atoms with Gasteiger partial charge in [-0.1, -0.05) is 6.07 Å². The Hall–Kier alpha value is -2.98. The molecule has 0 saturated carbocycles. The molecule has 8 nitrogen and oxygen atoms in total. The summed E-state index contributed by atoms with van der Waals surface area (Å²) in [6.45, 7) is 5.21. The summed E-state index contributed by atoms with van der Waals surface area (Å²) >= 11 is 3.39. The molecule has 0 spiro atoms. The van der Waals surface area contributed by atoms with Gasteiger partial charge in [-0.3, -0.25) is 9.52 Å². The molecule has 0 atom stereocenters. The van der Waals surface area contributed by atoms with E-state index in [0.717, 1.165) is 10.0 Å². The lowest BCUT2D eigenvalue weighted by Crippen LogP contribution is -2.20. The Bertz CT molecular complexity index is 1190. The number of aromatic nitrogens is 2.